The number of carbonyl (C=O) groups excluding carboxylic acids is 2. The monoisotopic (exact) mass is 581 g/mol. The van der Waals surface area contributed by atoms with Crippen LogP contribution in [0.4, 0.5) is 11.4 Å². The Morgan fingerprint density at radius 3 is 2.60 bits per heavy atom. The van der Waals surface area contributed by atoms with Gasteiger partial charge in [0.1, 0.15) is 12.2 Å². The number of nitrogens with one attached hydrogen (secondary N) is 1. The zero-order valence-corrected chi connectivity index (χ0v) is 22.3. The Labute approximate surface area is 237 Å². The second kappa shape index (κ2) is 11.9. The number of thiocarbonyl (C=S) groups is 1. The number of anilines is 1. The molecule has 1 saturated heterocycles. The molecule has 1 heterocycles. The number of hydrogen-bond donors (Lipinski definition) is 2. The van der Waals surface area contributed by atoms with E-state index in [1.54, 1.807) is 13.0 Å². The SMILES string of the molecule is CCOc1cc(C=C2C(=O)NC(=S)N(c3cccc(C(=O)O)c3)C2=O)cc(Cl)c1OCc1cccc([N+](=O)[O-])c1. The Balaban J connectivity index is 1.66. The van der Waals surface area contributed by atoms with Crippen molar-refractivity contribution in [1.29, 1.82) is 0 Å². The van der Waals surface area contributed by atoms with Crippen LogP contribution in [-0.4, -0.2) is 39.5 Å². The topological polar surface area (TPSA) is 148 Å². The number of nitro benzene ring substituents is 1. The number of ether oxygens (including phenoxy) is 2. The molecule has 0 aromatic heterocycles. The number of nitro groups is 1. The molecule has 2 amide bonds. The molecule has 40 heavy (non-hydrogen) atoms. The number of carboxylic acids is 1. The first kappa shape index (κ1) is 28.2. The summed E-state index contributed by atoms with van der Waals surface area (Å²) < 4.78 is 11.5. The van der Waals surface area contributed by atoms with Crippen molar-refractivity contribution >= 4 is 64.2 Å². The first-order valence-corrected chi connectivity index (χ1v) is 12.4. The van der Waals surface area contributed by atoms with E-state index in [0.717, 1.165) is 4.90 Å². The third-order valence-corrected chi connectivity index (χ3v) is 6.17. The van der Waals surface area contributed by atoms with Gasteiger partial charge in [0.2, 0.25) is 0 Å². The lowest BCUT2D eigenvalue weighted by atomic mass is 10.1. The highest BCUT2D eigenvalue weighted by Crippen LogP contribution is 2.38. The second-order valence-corrected chi connectivity index (χ2v) is 9.09. The molecule has 0 bridgehead atoms. The summed E-state index contributed by atoms with van der Waals surface area (Å²) in [6, 6.07) is 14.5. The maximum Gasteiger partial charge on any atom is 0.335 e. The van der Waals surface area contributed by atoms with E-state index >= 15 is 0 Å². The number of hydrogen-bond acceptors (Lipinski definition) is 8. The molecular formula is C27H20ClN3O8S. The van der Waals surface area contributed by atoms with Crippen LogP contribution in [0.3, 0.4) is 0 Å². The fourth-order valence-electron chi connectivity index (χ4n) is 3.83. The quantitative estimate of drug-likeness (QED) is 0.120. The number of rotatable bonds is 9. The summed E-state index contributed by atoms with van der Waals surface area (Å²) in [6.07, 6.45) is 1.30. The molecule has 3 aromatic rings. The fourth-order valence-corrected chi connectivity index (χ4v) is 4.38. The van der Waals surface area contributed by atoms with Crippen LogP contribution in [-0.2, 0) is 16.2 Å². The molecular weight excluding hydrogens is 562 g/mol. The van der Waals surface area contributed by atoms with Gasteiger partial charge in [-0.1, -0.05) is 29.8 Å². The number of carbonyl (C=O) groups is 3. The lowest BCUT2D eigenvalue weighted by Gasteiger charge is -2.29. The molecule has 1 aliphatic rings. The molecule has 0 aliphatic carbocycles. The lowest BCUT2D eigenvalue weighted by molar-refractivity contribution is -0.384. The standard InChI is InChI=1S/C27H20ClN3O8S/c1-2-38-22-12-16(11-21(28)23(22)39-14-15-5-3-8-19(9-15)31(36)37)10-20-24(32)29-27(40)30(25(20)33)18-7-4-6-17(13-18)26(34)35/h3-13H,2,14H2,1H3,(H,34,35)(H,29,32,40). The molecule has 1 fully saturated rings. The summed E-state index contributed by atoms with van der Waals surface area (Å²) in [4.78, 5) is 49.0. The Morgan fingerprint density at radius 2 is 1.90 bits per heavy atom. The molecule has 0 unspecified atom stereocenters. The Morgan fingerprint density at radius 1 is 1.15 bits per heavy atom. The van der Waals surface area contributed by atoms with Gasteiger partial charge in [0.25, 0.3) is 17.5 Å². The number of benzene rings is 3. The molecule has 0 saturated carbocycles. The van der Waals surface area contributed by atoms with Gasteiger partial charge in [-0.05, 0) is 66.7 Å². The van der Waals surface area contributed by atoms with Gasteiger partial charge in [0, 0.05) is 12.1 Å². The van der Waals surface area contributed by atoms with E-state index in [0.29, 0.717) is 11.1 Å². The van der Waals surface area contributed by atoms with Crippen LogP contribution in [0.1, 0.15) is 28.4 Å². The van der Waals surface area contributed by atoms with Crippen molar-refractivity contribution in [1.82, 2.24) is 5.32 Å². The van der Waals surface area contributed by atoms with Crippen LogP contribution in [0.2, 0.25) is 5.02 Å². The normalized spacial score (nSPS) is 14.2. The summed E-state index contributed by atoms with van der Waals surface area (Å²) in [6.45, 7) is 1.95. The van der Waals surface area contributed by atoms with Gasteiger partial charge in [-0.25, -0.2) is 4.79 Å². The van der Waals surface area contributed by atoms with Crippen molar-refractivity contribution in [2.45, 2.75) is 13.5 Å². The van der Waals surface area contributed by atoms with Gasteiger partial charge in [0.15, 0.2) is 16.6 Å². The molecule has 3 aromatic carbocycles. The van der Waals surface area contributed by atoms with Gasteiger partial charge in [-0.2, -0.15) is 0 Å². The van der Waals surface area contributed by atoms with Crippen molar-refractivity contribution in [3.8, 4) is 11.5 Å². The third-order valence-electron chi connectivity index (χ3n) is 5.60. The van der Waals surface area contributed by atoms with E-state index in [2.05, 4.69) is 5.32 Å². The summed E-state index contributed by atoms with van der Waals surface area (Å²) in [5.41, 5.74) is 0.604. The van der Waals surface area contributed by atoms with Crippen LogP contribution in [0.25, 0.3) is 6.08 Å². The minimum Gasteiger partial charge on any atom is -0.490 e. The Hall–Kier alpha value is -4.81. The summed E-state index contributed by atoms with van der Waals surface area (Å²) >= 11 is 11.7. The van der Waals surface area contributed by atoms with Crippen molar-refractivity contribution < 1.29 is 33.9 Å². The molecule has 4 rings (SSSR count). The molecule has 0 spiro atoms. The van der Waals surface area contributed by atoms with Gasteiger partial charge in [0.05, 0.1) is 27.8 Å². The zero-order valence-electron chi connectivity index (χ0n) is 20.8. The van der Waals surface area contributed by atoms with Gasteiger partial charge >= 0.3 is 5.97 Å². The molecule has 11 nitrogen and oxygen atoms in total. The Bertz CT molecular complexity index is 1590. The van der Waals surface area contributed by atoms with Crippen molar-refractivity contribution in [3.63, 3.8) is 0 Å². The number of non-ortho nitro benzene ring substituents is 1. The highest BCUT2D eigenvalue weighted by Gasteiger charge is 2.35. The minimum atomic E-state index is -1.19. The largest absolute Gasteiger partial charge is 0.490 e. The van der Waals surface area contributed by atoms with E-state index in [9.17, 15) is 29.6 Å². The maximum atomic E-state index is 13.4. The zero-order chi connectivity index (χ0) is 29.0. The van der Waals surface area contributed by atoms with Gasteiger partial charge in [-0.3, -0.25) is 29.9 Å². The van der Waals surface area contributed by atoms with Crippen LogP contribution in [0, 0.1) is 10.1 Å². The highest BCUT2D eigenvalue weighted by atomic mass is 35.5. The molecule has 0 atom stereocenters. The summed E-state index contributed by atoms with van der Waals surface area (Å²) in [7, 11) is 0. The van der Waals surface area contributed by atoms with Crippen molar-refractivity contribution in [2.75, 3.05) is 11.5 Å². The fraction of sp³-hybridized carbons (Fsp3) is 0.111. The molecule has 1 aliphatic heterocycles. The van der Waals surface area contributed by atoms with Gasteiger partial charge in [-0.15, -0.1) is 0 Å². The van der Waals surface area contributed by atoms with E-state index in [4.69, 9.17) is 33.3 Å². The maximum absolute atomic E-state index is 13.4. The Kier molecular flexibility index (Phi) is 8.41. The van der Waals surface area contributed by atoms with Crippen LogP contribution in [0.5, 0.6) is 11.5 Å². The lowest BCUT2D eigenvalue weighted by Crippen LogP contribution is -2.54. The second-order valence-electron chi connectivity index (χ2n) is 8.29. The first-order chi connectivity index (χ1) is 19.1. The first-order valence-electron chi connectivity index (χ1n) is 11.7. The third kappa shape index (κ3) is 6.08. The summed E-state index contributed by atoms with van der Waals surface area (Å²) in [5.74, 6) is -2.32. The molecule has 2 N–H and O–H groups in total. The average Bonchev–Trinajstić information content (AvgIpc) is 2.91. The number of carboxylic acid groups (broad SMARTS) is 1. The minimum absolute atomic E-state index is 0.0371. The van der Waals surface area contributed by atoms with Crippen LogP contribution < -0.4 is 19.7 Å². The highest BCUT2D eigenvalue weighted by molar-refractivity contribution is 7.80. The van der Waals surface area contributed by atoms with Crippen molar-refractivity contribution in [2.24, 2.45) is 0 Å². The van der Waals surface area contributed by atoms with E-state index in [1.807, 2.05) is 0 Å². The van der Waals surface area contributed by atoms with E-state index < -0.39 is 22.7 Å². The predicted molar refractivity (Wildman–Crippen MR) is 150 cm³/mol. The number of halogens is 1. The molecule has 0 radical (unpaired) electrons. The smallest absolute Gasteiger partial charge is 0.335 e. The van der Waals surface area contributed by atoms with Crippen LogP contribution in [0.15, 0.2) is 66.2 Å². The van der Waals surface area contributed by atoms with Crippen molar-refractivity contribution in [3.05, 3.63) is 98.1 Å². The predicted octanol–water partition coefficient (Wildman–Crippen LogP) is 4.76. The number of nitrogens with zero attached hydrogens (tertiary/aromatic N) is 2. The van der Waals surface area contributed by atoms with Crippen LogP contribution >= 0.6 is 23.8 Å². The average molecular weight is 582 g/mol. The van der Waals surface area contributed by atoms with Gasteiger partial charge < -0.3 is 14.6 Å². The van der Waals surface area contributed by atoms with E-state index in [-0.39, 0.29) is 57.4 Å². The molecule has 204 valence electrons. The van der Waals surface area contributed by atoms with E-state index in [1.165, 1.54) is 60.7 Å². The number of amides is 2. The summed E-state index contributed by atoms with van der Waals surface area (Å²) in [5, 5.41) is 22.7. The number of aromatic carboxylic acids is 1. The molecule has 13 heteroatoms.